The molecule has 1 aromatic carbocycles. The number of nitrogens with zero attached hydrogens (tertiary/aromatic N) is 2. The van der Waals surface area contributed by atoms with Crippen molar-refractivity contribution in [1.29, 1.82) is 0 Å². The molecule has 0 aromatic heterocycles. The molecule has 0 spiro atoms. The van der Waals surface area contributed by atoms with Crippen molar-refractivity contribution in [2.75, 3.05) is 11.9 Å². The lowest BCUT2D eigenvalue weighted by Gasteiger charge is -2.31. The lowest BCUT2D eigenvalue weighted by atomic mass is 9.97. The third-order valence-electron chi connectivity index (χ3n) is 3.86. The molecule has 6 nitrogen and oxygen atoms in total. The summed E-state index contributed by atoms with van der Waals surface area (Å²) in [6.45, 7) is 3.71. The Hall–Kier alpha value is -2.37. The first kappa shape index (κ1) is 13.6. The third-order valence-corrected chi connectivity index (χ3v) is 3.86. The number of carbonyl (C=O) groups is 2. The third kappa shape index (κ3) is 2.26. The van der Waals surface area contributed by atoms with E-state index in [1.165, 1.54) is 0 Å². The molecule has 2 amide bonds. The van der Waals surface area contributed by atoms with E-state index in [-0.39, 0.29) is 11.8 Å². The minimum Gasteiger partial charge on any atom is -0.479 e. The summed E-state index contributed by atoms with van der Waals surface area (Å²) >= 11 is 0. The number of benzene rings is 1. The molecule has 3 rings (SSSR count). The molecule has 2 aliphatic heterocycles. The van der Waals surface area contributed by atoms with E-state index in [9.17, 15) is 9.59 Å². The molecule has 0 aliphatic carbocycles. The van der Waals surface area contributed by atoms with Gasteiger partial charge in [0, 0.05) is 25.5 Å². The molecule has 0 radical (unpaired) electrons. The van der Waals surface area contributed by atoms with Gasteiger partial charge in [0.2, 0.25) is 5.91 Å². The Bertz CT molecular complexity index is 666. The summed E-state index contributed by atoms with van der Waals surface area (Å²) < 4.78 is 5.65. The van der Waals surface area contributed by atoms with E-state index in [0.29, 0.717) is 18.6 Å². The summed E-state index contributed by atoms with van der Waals surface area (Å²) in [6, 6.07) is 3.83. The van der Waals surface area contributed by atoms with Crippen LogP contribution in [0.15, 0.2) is 17.2 Å². The summed E-state index contributed by atoms with van der Waals surface area (Å²) in [6.07, 6.45) is 0.553. The fraction of sp³-hybridized carbons (Fsp3) is 0.400. The zero-order chi connectivity index (χ0) is 15.1. The van der Waals surface area contributed by atoms with E-state index in [4.69, 9.17) is 4.74 Å². The van der Waals surface area contributed by atoms with Gasteiger partial charge in [-0.2, -0.15) is 5.10 Å². The van der Waals surface area contributed by atoms with Gasteiger partial charge >= 0.3 is 0 Å². The van der Waals surface area contributed by atoms with Crippen LogP contribution in [0.3, 0.4) is 0 Å². The molecule has 110 valence electrons. The number of carbonyl (C=O) groups excluding carboxylic acids is 2. The highest BCUT2D eigenvalue weighted by Gasteiger charge is 2.30. The quantitative estimate of drug-likeness (QED) is 0.847. The molecule has 0 saturated carbocycles. The van der Waals surface area contributed by atoms with Gasteiger partial charge in [-0.3, -0.25) is 9.59 Å². The molecule has 2 aliphatic rings. The van der Waals surface area contributed by atoms with Crippen molar-refractivity contribution in [3.8, 4) is 5.75 Å². The highest BCUT2D eigenvalue weighted by Crippen LogP contribution is 2.36. The first-order valence-corrected chi connectivity index (χ1v) is 6.92. The van der Waals surface area contributed by atoms with Crippen LogP contribution in [0.1, 0.15) is 30.9 Å². The van der Waals surface area contributed by atoms with E-state index in [2.05, 4.69) is 10.5 Å². The van der Waals surface area contributed by atoms with E-state index in [1.807, 2.05) is 19.1 Å². The van der Waals surface area contributed by atoms with Gasteiger partial charge in [-0.1, -0.05) is 0 Å². The second-order valence-corrected chi connectivity index (χ2v) is 5.39. The molecular formula is C15H17N3O3. The Morgan fingerprint density at radius 2 is 2.10 bits per heavy atom. The maximum Gasteiger partial charge on any atom is 0.267 e. The van der Waals surface area contributed by atoms with Gasteiger partial charge in [-0.15, -0.1) is 0 Å². The molecule has 2 heterocycles. The fourth-order valence-electron chi connectivity index (χ4n) is 2.64. The molecule has 0 fully saturated rings. The Kier molecular flexibility index (Phi) is 3.16. The fourth-order valence-corrected chi connectivity index (χ4v) is 2.64. The zero-order valence-electron chi connectivity index (χ0n) is 12.3. The number of fused-ring (bicyclic) bond motifs is 1. The average Bonchev–Trinajstić information content (AvgIpc) is 2.46. The van der Waals surface area contributed by atoms with Crippen molar-refractivity contribution >= 4 is 23.2 Å². The van der Waals surface area contributed by atoms with Crippen LogP contribution in [-0.4, -0.2) is 30.7 Å². The number of rotatable bonds is 1. The predicted molar refractivity (Wildman–Crippen MR) is 78.6 cm³/mol. The smallest absolute Gasteiger partial charge is 0.267 e. The Morgan fingerprint density at radius 3 is 2.76 bits per heavy atom. The van der Waals surface area contributed by atoms with Crippen molar-refractivity contribution in [3.05, 3.63) is 23.3 Å². The molecule has 1 atom stereocenters. The topological polar surface area (TPSA) is 71.0 Å². The monoisotopic (exact) mass is 287 g/mol. The summed E-state index contributed by atoms with van der Waals surface area (Å²) in [4.78, 5) is 24.8. The summed E-state index contributed by atoms with van der Waals surface area (Å²) in [5.74, 6) is 0.557. The van der Waals surface area contributed by atoms with Crippen LogP contribution in [0, 0.1) is 6.92 Å². The van der Waals surface area contributed by atoms with Crippen LogP contribution in [0.5, 0.6) is 5.75 Å². The highest BCUT2D eigenvalue weighted by molar-refractivity contribution is 6.07. The molecule has 0 bridgehead atoms. The first-order valence-electron chi connectivity index (χ1n) is 6.92. The van der Waals surface area contributed by atoms with Gasteiger partial charge in [-0.25, -0.2) is 5.43 Å². The molecular weight excluding hydrogens is 270 g/mol. The van der Waals surface area contributed by atoms with Gasteiger partial charge in [0.25, 0.3) is 5.91 Å². The average molecular weight is 287 g/mol. The minimum atomic E-state index is -0.473. The number of hydrogen-bond acceptors (Lipinski definition) is 4. The normalized spacial score (nSPS) is 21.4. The summed E-state index contributed by atoms with van der Waals surface area (Å²) in [7, 11) is 1.74. The summed E-state index contributed by atoms with van der Waals surface area (Å²) in [5, 5.41) is 4.12. The van der Waals surface area contributed by atoms with Gasteiger partial charge in [0.1, 0.15) is 5.75 Å². The molecule has 1 aromatic rings. The maximum absolute atomic E-state index is 12.0. The van der Waals surface area contributed by atoms with Crippen LogP contribution < -0.4 is 15.1 Å². The minimum absolute atomic E-state index is 0.0705. The van der Waals surface area contributed by atoms with Gasteiger partial charge in [0.05, 0.1) is 11.4 Å². The predicted octanol–water partition coefficient (Wildman–Crippen LogP) is 1.35. The van der Waals surface area contributed by atoms with Crippen molar-refractivity contribution in [2.24, 2.45) is 5.10 Å². The maximum atomic E-state index is 12.0. The van der Waals surface area contributed by atoms with Crippen molar-refractivity contribution < 1.29 is 14.3 Å². The molecule has 1 unspecified atom stereocenters. The SMILES string of the molecule is Cc1cc2c(cc1C1=NNC(=O)CC1)N(C)C(=O)C(C)O2. The standard InChI is InChI=1S/C15H17N3O3/c1-8-6-13-12(18(3)15(20)9(2)21-13)7-10(8)11-4-5-14(19)17-16-11/h6-7,9H,4-5H2,1-3H3,(H,17,19). The molecule has 21 heavy (non-hydrogen) atoms. The molecule has 0 saturated heterocycles. The first-order chi connectivity index (χ1) is 9.97. The van der Waals surface area contributed by atoms with Crippen LogP contribution in [0.2, 0.25) is 0 Å². The lowest BCUT2D eigenvalue weighted by molar-refractivity contribution is -0.125. The number of hydrogen-bond donors (Lipinski definition) is 1. The largest absolute Gasteiger partial charge is 0.479 e. The zero-order valence-corrected chi connectivity index (χ0v) is 12.3. The van der Waals surface area contributed by atoms with Gasteiger partial charge in [0.15, 0.2) is 6.10 Å². The molecule has 1 N–H and O–H groups in total. The Labute approximate surface area is 122 Å². The van der Waals surface area contributed by atoms with E-state index < -0.39 is 6.10 Å². The van der Waals surface area contributed by atoms with Crippen LogP contribution >= 0.6 is 0 Å². The number of likely N-dealkylation sites (N-methyl/N-ethyl adjacent to an activating group) is 1. The summed E-state index contributed by atoms with van der Waals surface area (Å²) in [5.41, 5.74) is 6.01. The number of anilines is 1. The van der Waals surface area contributed by atoms with Gasteiger partial charge in [-0.05, 0) is 31.5 Å². The number of hydrazone groups is 1. The lowest BCUT2D eigenvalue weighted by Crippen LogP contribution is -2.42. The van der Waals surface area contributed by atoms with Crippen LogP contribution in [0.25, 0.3) is 0 Å². The Morgan fingerprint density at radius 1 is 1.33 bits per heavy atom. The van der Waals surface area contributed by atoms with Crippen molar-refractivity contribution in [3.63, 3.8) is 0 Å². The van der Waals surface area contributed by atoms with Crippen LogP contribution in [0.4, 0.5) is 5.69 Å². The number of nitrogens with one attached hydrogen (secondary N) is 1. The molecule has 6 heteroatoms. The van der Waals surface area contributed by atoms with E-state index in [0.717, 1.165) is 22.5 Å². The second-order valence-electron chi connectivity index (χ2n) is 5.39. The highest BCUT2D eigenvalue weighted by atomic mass is 16.5. The van der Waals surface area contributed by atoms with Gasteiger partial charge < -0.3 is 9.64 Å². The number of aryl methyl sites for hydroxylation is 1. The number of amides is 2. The Balaban J connectivity index is 2.05. The van der Waals surface area contributed by atoms with Crippen molar-refractivity contribution in [1.82, 2.24) is 5.43 Å². The van der Waals surface area contributed by atoms with Crippen LogP contribution in [-0.2, 0) is 9.59 Å². The van der Waals surface area contributed by atoms with Crippen molar-refractivity contribution in [2.45, 2.75) is 32.8 Å². The van der Waals surface area contributed by atoms with E-state index in [1.54, 1.807) is 18.9 Å². The van der Waals surface area contributed by atoms with E-state index >= 15 is 0 Å². The number of ether oxygens (including phenoxy) is 1. The second kappa shape index (κ2) is 4.87.